The van der Waals surface area contributed by atoms with Crippen LogP contribution >= 0.6 is 0 Å². The van der Waals surface area contributed by atoms with Gasteiger partial charge in [0.25, 0.3) is 0 Å². The van der Waals surface area contributed by atoms with Crippen LogP contribution in [0.15, 0.2) is 24.9 Å². The standard InChI is InChI=1S/C35H65N3O11/c1-25(46-48-34(12,13)14)38(26(2)47-49-35(15,16)17)27(24-39)20-36(21-28(40)43-31(3,4)5)18-19-37(22-29(41)44-32(6,7)8)23-30(42)45-33(9,10)11/h27,39H,1-2,18-24H2,3-17H3. The lowest BCUT2D eigenvalue weighted by atomic mass is 10.2. The molecule has 14 nitrogen and oxygen atoms in total. The summed E-state index contributed by atoms with van der Waals surface area (Å²) in [6.07, 6.45) is 0. The summed E-state index contributed by atoms with van der Waals surface area (Å²) in [4.78, 5) is 65.3. The molecule has 0 radical (unpaired) electrons. The van der Waals surface area contributed by atoms with Crippen molar-refractivity contribution in [3.63, 3.8) is 0 Å². The minimum Gasteiger partial charge on any atom is -0.459 e. The van der Waals surface area contributed by atoms with Crippen molar-refractivity contribution in [3.8, 4) is 0 Å². The predicted molar refractivity (Wildman–Crippen MR) is 185 cm³/mol. The van der Waals surface area contributed by atoms with Crippen LogP contribution in [0.2, 0.25) is 0 Å². The minimum absolute atomic E-state index is 0.0122. The smallest absolute Gasteiger partial charge is 0.320 e. The van der Waals surface area contributed by atoms with Gasteiger partial charge in [-0.25, -0.2) is 0 Å². The molecule has 0 rings (SSSR count). The Kier molecular flexibility index (Phi) is 17.8. The summed E-state index contributed by atoms with van der Waals surface area (Å²) in [6.45, 7) is 33.6. The van der Waals surface area contributed by atoms with Gasteiger partial charge >= 0.3 is 17.9 Å². The predicted octanol–water partition coefficient (Wildman–Crippen LogP) is 4.71. The van der Waals surface area contributed by atoms with Crippen molar-refractivity contribution in [1.82, 2.24) is 14.7 Å². The monoisotopic (exact) mass is 703 g/mol. The van der Waals surface area contributed by atoms with Crippen LogP contribution in [0.3, 0.4) is 0 Å². The highest BCUT2D eigenvalue weighted by atomic mass is 17.2. The third-order valence-corrected chi connectivity index (χ3v) is 5.41. The van der Waals surface area contributed by atoms with Gasteiger partial charge in [-0.05, 0) is 117 Å². The van der Waals surface area contributed by atoms with E-state index >= 15 is 0 Å². The van der Waals surface area contributed by atoms with Gasteiger partial charge in [0.15, 0.2) is 0 Å². The molecule has 0 saturated heterocycles. The van der Waals surface area contributed by atoms with Gasteiger partial charge in [-0.15, -0.1) is 0 Å². The highest BCUT2D eigenvalue weighted by Crippen LogP contribution is 2.23. The molecule has 1 unspecified atom stereocenters. The number of carbonyl (C=O) groups excluding carboxylic acids is 3. The van der Waals surface area contributed by atoms with Crippen molar-refractivity contribution >= 4 is 17.9 Å². The second kappa shape index (κ2) is 18.9. The molecule has 0 aromatic carbocycles. The number of hydrogen-bond donors (Lipinski definition) is 1. The molecule has 0 bridgehead atoms. The van der Waals surface area contributed by atoms with E-state index in [4.69, 9.17) is 33.8 Å². The van der Waals surface area contributed by atoms with Crippen molar-refractivity contribution in [2.24, 2.45) is 0 Å². The zero-order valence-corrected chi connectivity index (χ0v) is 32.8. The first-order valence-corrected chi connectivity index (χ1v) is 16.5. The van der Waals surface area contributed by atoms with Crippen LogP contribution in [0.4, 0.5) is 0 Å². The number of aliphatic hydroxyl groups is 1. The summed E-state index contributed by atoms with van der Waals surface area (Å²) in [5.41, 5.74) is -3.65. The molecule has 0 aromatic rings. The molecule has 0 aliphatic carbocycles. The summed E-state index contributed by atoms with van der Waals surface area (Å²) in [5.74, 6) is -1.73. The van der Waals surface area contributed by atoms with Crippen LogP contribution in [0, 0.1) is 0 Å². The zero-order valence-electron chi connectivity index (χ0n) is 32.8. The van der Waals surface area contributed by atoms with Crippen LogP contribution in [0.25, 0.3) is 0 Å². The Balaban J connectivity index is 6.49. The first-order chi connectivity index (χ1) is 21.9. The second-order valence-electron chi connectivity index (χ2n) is 16.8. The van der Waals surface area contributed by atoms with E-state index in [9.17, 15) is 19.5 Å². The lowest BCUT2D eigenvalue weighted by molar-refractivity contribution is -0.354. The van der Waals surface area contributed by atoms with Gasteiger partial charge in [0.1, 0.15) is 28.0 Å². The third kappa shape index (κ3) is 24.0. The largest absolute Gasteiger partial charge is 0.459 e. The Bertz CT molecular complexity index is 1030. The number of ether oxygens (including phenoxy) is 3. The van der Waals surface area contributed by atoms with E-state index in [0.29, 0.717) is 0 Å². The van der Waals surface area contributed by atoms with Crippen molar-refractivity contribution in [3.05, 3.63) is 24.9 Å². The van der Waals surface area contributed by atoms with Crippen LogP contribution in [0.1, 0.15) is 104 Å². The Morgan fingerprint density at radius 3 is 1.14 bits per heavy atom. The SMILES string of the molecule is C=C(OOC(C)(C)C)N(C(=C)OOC(C)(C)C)C(CO)CN(CCN(CC(=O)OC(C)(C)C)CC(=O)OC(C)(C)C)CC(=O)OC(C)(C)C. The van der Waals surface area contributed by atoms with Gasteiger partial charge in [0.05, 0.1) is 32.3 Å². The maximum Gasteiger partial charge on any atom is 0.320 e. The fraction of sp³-hybridized carbons (Fsp3) is 0.800. The second-order valence-corrected chi connectivity index (χ2v) is 16.8. The van der Waals surface area contributed by atoms with Crippen LogP contribution in [-0.4, -0.2) is 118 Å². The van der Waals surface area contributed by atoms with E-state index in [2.05, 4.69) is 13.2 Å². The molecule has 0 aliphatic rings. The number of esters is 3. The number of hydrogen-bond acceptors (Lipinski definition) is 14. The molecule has 14 heteroatoms. The van der Waals surface area contributed by atoms with Crippen molar-refractivity contribution in [1.29, 1.82) is 0 Å². The zero-order chi connectivity index (χ0) is 38.6. The number of aliphatic hydroxyl groups excluding tert-OH is 1. The first-order valence-electron chi connectivity index (χ1n) is 16.5. The first kappa shape index (κ1) is 46.1. The highest BCUT2D eigenvalue weighted by Gasteiger charge is 2.32. The Labute approximate surface area is 294 Å². The normalized spacial score (nSPS) is 13.5. The van der Waals surface area contributed by atoms with E-state index in [-0.39, 0.29) is 51.0 Å². The van der Waals surface area contributed by atoms with Gasteiger partial charge in [-0.2, -0.15) is 9.78 Å². The molecular weight excluding hydrogens is 638 g/mol. The molecule has 49 heavy (non-hydrogen) atoms. The molecule has 0 amide bonds. The topological polar surface area (TPSA) is 146 Å². The number of rotatable bonds is 19. The molecule has 0 saturated carbocycles. The molecule has 0 spiro atoms. The molecule has 1 N–H and O–H groups in total. The molecule has 0 heterocycles. The van der Waals surface area contributed by atoms with E-state index < -0.39 is 58.6 Å². The fourth-order valence-corrected chi connectivity index (χ4v) is 3.89. The van der Waals surface area contributed by atoms with Gasteiger partial charge in [-0.1, -0.05) is 0 Å². The summed E-state index contributed by atoms with van der Waals surface area (Å²) >= 11 is 0. The van der Waals surface area contributed by atoms with Gasteiger partial charge in [0.2, 0.25) is 11.8 Å². The molecule has 0 aromatic heterocycles. The van der Waals surface area contributed by atoms with E-state index in [0.717, 1.165) is 0 Å². The number of nitrogens with zero attached hydrogens (tertiary/aromatic N) is 3. The Morgan fingerprint density at radius 2 is 0.857 bits per heavy atom. The lowest BCUT2D eigenvalue weighted by Crippen LogP contribution is -2.50. The number of carbonyl (C=O) groups is 3. The molecular formula is C35H65N3O11. The van der Waals surface area contributed by atoms with Crippen molar-refractivity contribution < 1.29 is 53.3 Å². The van der Waals surface area contributed by atoms with E-state index in [1.165, 1.54) is 4.90 Å². The summed E-state index contributed by atoms with van der Waals surface area (Å²) in [6, 6.07) is -0.861. The summed E-state index contributed by atoms with van der Waals surface area (Å²) in [7, 11) is 0. The minimum atomic E-state index is -0.861. The quantitative estimate of drug-likeness (QED) is 0.0651. The van der Waals surface area contributed by atoms with Crippen LogP contribution < -0.4 is 0 Å². The average Bonchev–Trinajstić information content (AvgIpc) is 2.84. The molecule has 286 valence electrons. The maximum atomic E-state index is 13.1. The highest BCUT2D eigenvalue weighted by molar-refractivity contribution is 5.75. The van der Waals surface area contributed by atoms with Gasteiger partial charge in [0, 0.05) is 19.6 Å². The lowest BCUT2D eigenvalue weighted by Gasteiger charge is -2.37. The van der Waals surface area contributed by atoms with Crippen molar-refractivity contribution in [2.45, 2.75) is 138 Å². The molecule has 1 atom stereocenters. The van der Waals surface area contributed by atoms with Crippen molar-refractivity contribution in [2.75, 3.05) is 45.9 Å². The van der Waals surface area contributed by atoms with Gasteiger partial charge < -0.3 is 29.1 Å². The molecule has 0 aliphatic heterocycles. The average molecular weight is 704 g/mol. The van der Waals surface area contributed by atoms with E-state index in [1.807, 2.05) is 0 Å². The fourth-order valence-electron chi connectivity index (χ4n) is 3.89. The maximum absolute atomic E-state index is 13.1. The van der Waals surface area contributed by atoms with Crippen LogP contribution in [0.5, 0.6) is 0 Å². The summed E-state index contributed by atoms with van der Waals surface area (Å²) < 4.78 is 16.6. The van der Waals surface area contributed by atoms with E-state index in [1.54, 1.807) is 114 Å². The molecule has 0 fully saturated rings. The Morgan fingerprint density at radius 1 is 0.551 bits per heavy atom. The summed E-state index contributed by atoms with van der Waals surface area (Å²) in [5, 5.41) is 10.7. The Hall–Kier alpha value is -2.91. The third-order valence-electron chi connectivity index (χ3n) is 5.41. The van der Waals surface area contributed by atoms with Crippen LogP contribution in [-0.2, 0) is 48.1 Å². The van der Waals surface area contributed by atoms with Gasteiger partial charge in [-0.3, -0.25) is 29.1 Å².